The fourth-order valence-corrected chi connectivity index (χ4v) is 2.78. The molecule has 0 heterocycles. The summed E-state index contributed by atoms with van der Waals surface area (Å²) < 4.78 is 13.3. The lowest BCUT2D eigenvalue weighted by Gasteiger charge is -2.17. The van der Waals surface area contributed by atoms with Gasteiger partial charge in [-0.1, -0.05) is 30.3 Å². The molecule has 100 valence electrons. The van der Waals surface area contributed by atoms with Crippen molar-refractivity contribution < 1.29 is 9.50 Å². The first-order valence-corrected chi connectivity index (χ1v) is 5.98. The van der Waals surface area contributed by atoms with Crippen LogP contribution in [0.2, 0.25) is 0 Å². The summed E-state index contributed by atoms with van der Waals surface area (Å²) in [6, 6.07) is 12.7. The van der Waals surface area contributed by atoms with E-state index in [2.05, 4.69) is 0 Å². The summed E-state index contributed by atoms with van der Waals surface area (Å²) in [6.07, 6.45) is 0.645. The molecular formula is C15H15BrFNO. The van der Waals surface area contributed by atoms with Crippen LogP contribution in [0.5, 0.6) is 5.75 Å². The summed E-state index contributed by atoms with van der Waals surface area (Å²) in [4.78, 5) is 0. The second-order valence-electron chi connectivity index (χ2n) is 4.76. The van der Waals surface area contributed by atoms with Gasteiger partial charge in [0.2, 0.25) is 0 Å². The van der Waals surface area contributed by atoms with Gasteiger partial charge in [0, 0.05) is 12.0 Å². The molecule has 1 aliphatic rings. The summed E-state index contributed by atoms with van der Waals surface area (Å²) in [6.45, 7) is 0. The number of benzene rings is 2. The number of phenols is 1. The van der Waals surface area contributed by atoms with E-state index in [0.29, 0.717) is 6.42 Å². The number of hydrogen-bond acceptors (Lipinski definition) is 2. The molecule has 19 heavy (non-hydrogen) atoms. The van der Waals surface area contributed by atoms with Crippen LogP contribution in [0.25, 0.3) is 0 Å². The van der Waals surface area contributed by atoms with Crippen molar-refractivity contribution in [1.82, 2.24) is 0 Å². The number of rotatable bonds is 1. The van der Waals surface area contributed by atoms with Crippen LogP contribution < -0.4 is 5.73 Å². The van der Waals surface area contributed by atoms with E-state index in [1.54, 1.807) is 0 Å². The Morgan fingerprint density at radius 3 is 2.53 bits per heavy atom. The first kappa shape index (κ1) is 14.0. The minimum atomic E-state index is -0.574. The Hall–Kier alpha value is -1.39. The Bertz CT molecular complexity index is 588. The molecular weight excluding hydrogens is 309 g/mol. The van der Waals surface area contributed by atoms with Gasteiger partial charge in [0.1, 0.15) is 0 Å². The first-order chi connectivity index (χ1) is 8.66. The first-order valence-electron chi connectivity index (χ1n) is 5.98. The highest BCUT2D eigenvalue weighted by Crippen LogP contribution is 2.39. The second-order valence-corrected chi connectivity index (χ2v) is 4.76. The van der Waals surface area contributed by atoms with Crippen LogP contribution in [-0.2, 0) is 6.42 Å². The highest BCUT2D eigenvalue weighted by atomic mass is 79.9. The summed E-state index contributed by atoms with van der Waals surface area (Å²) in [5, 5.41) is 9.52. The Balaban J connectivity index is 0.00000133. The maximum atomic E-state index is 13.3. The van der Waals surface area contributed by atoms with Crippen molar-refractivity contribution in [3.63, 3.8) is 0 Å². The third-order valence-corrected chi connectivity index (χ3v) is 3.59. The molecule has 0 saturated heterocycles. The van der Waals surface area contributed by atoms with Crippen LogP contribution in [0.3, 0.4) is 0 Å². The molecule has 0 radical (unpaired) electrons. The molecule has 0 amide bonds. The molecule has 1 aliphatic carbocycles. The van der Waals surface area contributed by atoms with Crippen LogP contribution in [0.15, 0.2) is 42.5 Å². The lowest BCUT2D eigenvalue weighted by molar-refractivity contribution is 0.431. The quantitative estimate of drug-likeness (QED) is 0.847. The Kier molecular flexibility index (Phi) is 3.92. The maximum Gasteiger partial charge on any atom is 0.165 e. The number of nitrogens with two attached hydrogens (primary N) is 1. The molecule has 0 spiro atoms. The third-order valence-electron chi connectivity index (χ3n) is 3.59. The van der Waals surface area contributed by atoms with Gasteiger partial charge in [-0.05, 0) is 35.2 Å². The molecule has 0 saturated carbocycles. The Morgan fingerprint density at radius 2 is 1.84 bits per heavy atom. The number of halogens is 2. The van der Waals surface area contributed by atoms with Crippen LogP contribution in [0.1, 0.15) is 22.6 Å². The van der Waals surface area contributed by atoms with E-state index < -0.39 is 5.82 Å². The smallest absolute Gasteiger partial charge is 0.165 e. The second kappa shape index (κ2) is 5.31. The molecule has 0 bridgehead atoms. The van der Waals surface area contributed by atoms with Crippen molar-refractivity contribution >= 4 is 17.0 Å². The van der Waals surface area contributed by atoms with Gasteiger partial charge in [0.05, 0.1) is 0 Å². The minimum Gasteiger partial charge on any atom is -0.505 e. The zero-order valence-corrected chi connectivity index (χ0v) is 11.9. The number of hydrogen-bond donors (Lipinski definition) is 2. The van der Waals surface area contributed by atoms with Crippen molar-refractivity contribution in [3.8, 4) is 5.75 Å². The molecule has 3 rings (SSSR count). The normalized spacial score (nSPS) is 20.7. The Labute approximate surface area is 121 Å². The van der Waals surface area contributed by atoms with E-state index in [1.807, 2.05) is 30.3 Å². The van der Waals surface area contributed by atoms with E-state index in [1.165, 1.54) is 12.1 Å². The fraction of sp³-hybridized carbons (Fsp3) is 0.200. The average molecular weight is 324 g/mol. The van der Waals surface area contributed by atoms with Gasteiger partial charge in [0.15, 0.2) is 11.6 Å². The van der Waals surface area contributed by atoms with Crippen LogP contribution in [0.4, 0.5) is 4.39 Å². The predicted molar refractivity (Wildman–Crippen MR) is 78.4 cm³/mol. The summed E-state index contributed by atoms with van der Waals surface area (Å²) in [5.74, 6) is -0.842. The largest absolute Gasteiger partial charge is 0.505 e. The Morgan fingerprint density at radius 1 is 1.16 bits per heavy atom. The molecule has 3 N–H and O–H groups in total. The molecule has 0 unspecified atom stereocenters. The SMILES string of the molecule is Br.N[C@@H]1Cc2cc(F)c(O)cc2[C@H]1c1ccccc1. The fourth-order valence-electron chi connectivity index (χ4n) is 2.78. The van der Waals surface area contributed by atoms with Gasteiger partial charge in [0.25, 0.3) is 0 Å². The topological polar surface area (TPSA) is 46.2 Å². The highest BCUT2D eigenvalue weighted by Gasteiger charge is 2.32. The van der Waals surface area contributed by atoms with Gasteiger partial charge in [-0.2, -0.15) is 0 Å². The van der Waals surface area contributed by atoms with E-state index in [0.717, 1.165) is 16.7 Å². The van der Waals surface area contributed by atoms with Crippen molar-refractivity contribution in [2.45, 2.75) is 18.4 Å². The van der Waals surface area contributed by atoms with E-state index in [9.17, 15) is 9.50 Å². The number of fused-ring (bicyclic) bond motifs is 1. The van der Waals surface area contributed by atoms with Crippen molar-refractivity contribution in [2.24, 2.45) is 5.73 Å². The monoisotopic (exact) mass is 323 g/mol. The average Bonchev–Trinajstić information content (AvgIpc) is 2.66. The van der Waals surface area contributed by atoms with Crippen LogP contribution in [-0.4, -0.2) is 11.1 Å². The van der Waals surface area contributed by atoms with Gasteiger partial charge in [-0.15, -0.1) is 17.0 Å². The van der Waals surface area contributed by atoms with Gasteiger partial charge < -0.3 is 10.8 Å². The van der Waals surface area contributed by atoms with E-state index in [4.69, 9.17) is 5.73 Å². The molecule has 0 aliphatic heterocycles. The lowest BCUT2D eigenvalue weighted by Crippen LogP contribution is -2.25. The summed E-state index contributed by atoms with van der Waals surface area (Å²) >= 11 is 0. The highest BCUT2D eigenvalue weighted by molar-refractivity contribution is 8.93. The van der Waals surface area contributed by atoms with Gasteiger partial charge in [-0.25, -0.2) is 4.39 Å². The molecule has 2 atom stereocenters. The van der Waals surface area contributed by atoms with Crippen molar-refractivity contribution in [3.05, 3.63) is 65.0 Å². The van der Waals surface area contributed by atoms with Crippen molar-refractivity contribution in [2.75, 3.05) is 0 Å². The van der Waals surface area contributed by atoms with Crippen molar-refractivity contribution in [1.29, 1.82) is 0 Å². The summed E-state index contributed by atoms with van der Waals surface area (Å²) in [5.41, 5.74) is 9.10. The molecule has 2 nitrogen and oxygen atoms in total. The van der Waals surface area contributed by atoms with Crippen LogP contribution >= 0.6 is 17.0 Å². The predicted octanol–water partition coefficient (Wildman–Crippen LogP) is 3.12. The third kappa shape index (κ3) is 2.38. The number of aromatic hydroxyl groups is 1. The standard InChI is InChI=1S/C15H14FNO.BrH/c16-12-6-10-7-13(17)15(11(10)8-14(12)18)9-4-2-1-3-5-9;/h1-6,8,13,15,18H,7,17H2;1H/t13-,15-;/m1./s1. The van der Waals surface area contributed by atoms with Gasteiger partial charge in [-0.3, -0.25) is 0 Å². The van der Waals surface area contributed by atoms with E-state index >= 15 is 0 Å². The molecule has 0 aromatic heterocycles. The molecule has 2 aromatic carbocycles. The molecule has 2 aromatic rings. The minimum absolute atomic E-state index is 0. The maximum absolute atomic E-state index is 13.3. The zero-order chi connectivity index (χ0) is 12.7. The summed E-state index contributed by atoms with van der Waals surface area (Å²) in [7, 11) is 0. The van der Waals surface area contributed by atoms with Gasteiger partial charge >= 0.3 is 0 Å². The molecule has 0 fully saturated rings. The lowest BCUT2D eigenvalue weighted by atomic mass is 9.90. The van der Waals surface area contributed by atoms with Crippen LogP contribution in [0, 0.1) is 5.82 Å². The number of phenolic OH excluding ortho intramolecular Hbond substituents is 1. The van der Waals surface area contributed by atoms with E-state index in [-0.39, 0.29) is 34.7 Å². The molecule has 4 heteroatoms. The zero-order valence-electron chi connectivity index (χ0n) is 10.2.